The Hall–Kier alpha value is -1.25. The molecule has 100 valence electrons. The minimum absolute atomic E-state index is 0.564. The highest BCUT2D eigenvalue weighted by molar-refractivity contribution is 7.99. The van der Waals surface area contributed by atoms with Crippen molar-refractivity contribution in [3.05, 3.63) is 66.2 Å². The van der Waals surface area contributed by atoms with Crippen molar-refractivity contribution >= 4 is 11.8 Å². The van der Waals surface area contributed by atoms with Gasteiger partial charge in [0, 0.05) is 10.6 Å². The Kier molecular flexibility index (Phi) is 5.99. The van der Waals surface area contributed by atoms with Crippen LogP contribution in [-0.4, -0.2) is 12.4 Å². The molecule has 0 bridgehead atoms. The van der Waals surface area contributed by atoms with Crippen LogP contribution in [0.3, 0.4) is 0 Å². The van der Waals surface area contributed by atoms with Gasteiger partial charge >= 0.3 is 0 Å². The monoisotopic (exact) mass is 272 g/mol. The third-order valence-electron chi connectivity index (χ3n) is 2.79. The first-order valence-electron chi connectivity index (χ1n) is 6.64. The van der Waals surface area contributed by atoms with Gasteiger partial charge in [0.1, 0.15) is 0 Å². The highest BCUT2D eigenvalue weighted by Gasteiger charge is 2.03. The number of rotatable bonds is 7. The Labute approximate surface area is 120 Å². The van der Waals surface area contributed by atoms with E-state index >= 15 is 0 Å². The Morgan fingerprint density at radius 1 is 0.947 bits per heavy atom. The van der Waals surface area contributed by atoms with Crippen molar-refractivity contribution in [3.63, 3.8) is 0 Å². The lowest BCUT2D eigenvalue weighted by molar-refractivity contribution is 0.0982. The van der Waals surface area contributed by atoms with Crippen LogP contribution in [0.25, 0.3) is 0 Å². The molecule has 0 aliphatic carbocycles. The standard InChI is InChI=1S/C17H20OS/c1-15(14-19-17-10-6-3-7-11-17)12-18-13-16-8-4-2-5-9-16/h2-11,15H,12-14H2,1H3/t15-/m1/s1. The summed E-state index contributed by atoms with van der Waals surface area (Å²) in [6.07, 6.45) is 0. The topological polar surface area (TPSA) is 9.23 Å². The SMILES string of the molecule is C[C@H](COCc1ccccc1)CSc1ccccc1. The molecule has 0 spiro atoms. The number of thioether (sulfide) groups is 1. The molecule has 1 nitrogen and oxygen atoms in total. The summed E-state index contributed by atoms with van der Waals surface area (Å²) in [5, 5.41) is 0. The minimum Gasteiger partial charge on any atom is -0.376 e. The molecule has 2 aromatic rings. The van der Waals surface area contributed by atoms with E-state index in [1.807, 2.05) is 30.0 Å². The first-order chi connectivity index (χ1) is 9.34. The fourth-order valence-corrected chi connectivity index (χ4v) is 2.68. The molecule has 0 aliphatic rings. The first-order valence-corrected chi connectivity index (χ1v) is 7.62. The third-order valence-corrected chi connectivity index (χ3v) is 4.13. The summed E-state index contributed by atoms with van der Waals surface area (Å²) >= 11 is 1.89. The number of hydrogen-bond acceptors (Lipinski definition) is 2. The predicted molar refractivity (Wildman–Crippen MR) is 82.4 cm³/mol. The van der Waals surface area contributed by atoms with Crippen LogP contribution in [0.4, 0.5) is 0 Å². The lowest BCUT2D eigenvalue weighted by Crippen LogP contribution is -2.08. The second kappa shape index (κ2) is 8.03. The summed E-state index contributed by atoms with van der Waals surface area (Å²) in [4.78, 5) is 1.33. The Morgan fingerprint density at radius 2 is 1.58 bits per heavy atom. The van der Waals surface area contributed by atoms with Crippen LogP contribution >= 0.6 is 11.8 Å². The first kappa shape index (κ1) is 14.2. The molecular weight excluding hydrogens is 252 g/mol. The molecule has 0 fully saturated rings. The molecule has 0 saturated heterocycles. The zero-order valence-corrected chi connectivity index (χ0v) is 12.1. The average Bonchev–Trinajstić information content (AvgIpc) is 2.47. The van der Waals surface area contributed by atoms with Gasteiger partial charge in [-0.3, -0.25) is 0 Å². The summed E-state index contributed by atoms with van der Waals surface area (Å²) in [6, 6.07) is 20.9. The normalized spacial score (nSPS) is 12.3. The van der Waals surface area contributed by atoms with E-state index in [2.05, 4.69) is 49.4 Å². The molecule has 0 heterocycles. The van der Waals surface area contributed by atoms with Crippen molar-refractivity contribution < 1.29 is 4.74 Å². The van der Waals surface area contributed by atoms with Gasteiger partial charge in [0.25, 0.3) is 0 Å². The van der Waals surface area contributed by atoms with Crippen LogP contribution < -0.4 is 0 Å². The minimum atomic E-state index is 0.564. The number of ether oxygens (including phenoxy) is 1. The lowest BCUT2D eigenvalue weighted by Gasteiger charge is -2.11. The third kappa shape index (κ3) is 5.50. The molecule has 0 N–H and O–H groups in total. The van der Waals surface area contributed by atoms with Crippen molar-refractivity contribution in [2.75, 3.05) is 12.4 Å². The average molecular weight is 272 g/mol. The van der Waals surface area contributed by atoms with E-state index in [9.17, 15) is 0 Å². The number of benzene rings is 2. The summed E-state index contributed by atoms with van der Waals surface area (Å²) in [7, 11) is 0. The van der Waals surface area contributed by atoms with Crippen molar-refractivity contribution in [1.29, 1.82) is 0 Å². The van der Waals surface area contributed by atoms with E-state index in [-0.39, 0.29) is 0 Å². The van der Waals surface area contributed by atoms with Crippen LogP contribution in [-0.2, 0) is 11.3 Å². The van der Waals surface area contributed by atoms with Gasteiger partial charge in [-0.2, -0.15) is 0 Å². The predicted octanol–water partition coefficient (Wildman–Crippen LogP) is 4.63. The molecule has 19 heavy (non-hydrogen) atoms. The van der Waals surface area contributed by atoms with E-state index in [1.54, 1.807) is 0 Å². The van der Waals surface area contributed by atoms with Gasteiger partial charge in [-0.15, -0.1) is 11.8 Å². The molecule has 2 heteroatoms. The Morgan fingerprint density at radius 3 is 2.26 bits per heavy atom. The number of hydrogen-bond donors (Lipinski definition) is 0. The van der Waals surface area contributed by atoms with Gasteiger partial charge in [0.2, 0.25) is 0 Å². The fourth-order valence-electron chi connectivity index (χ4n) is 1.76. The van der Waals surface area contributed by atoms with Gasteiger partial charge in [-0.25, -0.2) is 0 Å². The maximum absolute atomic E-state index is 5.76. The summed E-state index contributed by atoms with van der Waals surface area (Å²) < 4.78 is 5.76. The smallest absolute Gasteiger partial charge is 0.0717 e. The van der Waals surface area contributed by atoms with Crippen molar-refractivity contribution in [3.8, 4) is 0 Å². The van der Waals surface area contributed by atoms with Gasteiger partial charge in [-0.05, 0) is 23.6 Å². The van der Waals surface area contributed by atoms with Gasteiger partial charge in [0.05, 0.1) is 13.2 Å². The molecular formula is C17H20OS. The molecule has 0 aromatic heterocycles. The zero-order chi connectivity index (χ0) is 13.3. The molecule has 0 aliphatic heterocycles. The van der Waals surface area contributed by atoms with Gasteiger partial charge < -0.3 is 4.74 Å². The maximum atomic E-state index is 5.76. The summed E-state index contributed by atoms with van der Waals surface area (Å²) in [6.45, 7) is 3.76. The van der Waals surface area contributed by atoms with E-state index < -0.39 is 0 Å². The molecule has 0 amide bonds. The molecule has 2 rings (SSSR count). The van der Waals surface area contributed by atoms with Crippen LogP contribution in [0.15, 0.2) is 65.6 Å². The molecule has 2 aromatic carbocycles. The highest BCUT2D eigenvalue weighted by atomic mass is 32.2. The summed E-state index contributed by atoms with van der Waals surface area (Å²) in [5.74, 6) is 1.66. The van der Waals surface area contributed by atoms with Crippen molar-refractivity contribution in [1.82, 2.24) is 0 Å². The lowest BCUT2D eigenvalue weighted by atomic mass is 10.2. The Bertz CT molecular complexity index is 455. The van der Waals surface area contributed by atoms with Crippen molar-refractivity contribution in [2.45, 2.75) is 18.4 Å². The second-order valence-electron chi connectivity index (χ2n) is 4.73. The van der Waals surface area contributed by atoms with Gasteiger partial charge in [-0.1, -0.05) is 55.5 Å². The largest absolute Gasteiger partial charge is 0.376 e. The van der Waals surface area contributed by atoms with Crippen molar-refractivity contribution in [2.24, 2.45) is 5.92 Å². The van der Waals surface area contributed by atoms with E-state index in [0.29, 0.717) is 12.5 Å². The molecule has 0 radical (unpaired) electrons. The molecule has 0 unspecified atom stereocenters. The second-order valence-corrected chi connectivity index (χ2v) is 5.82. The van der Waals surface area contributed by atoms with E-state index in [4.69, 9.17) is 4.74 Å². The highest BCUT2D eigenvalue weighted by Crippen LogP contribution is 2.20. The van der Waals surface area contributed by atoms with Crippen LogP contribution in [0, 0.1) is 5.92 Å². The quantitative estimate of drug-likeness (QED) is 0.680. The van der Waals surface area contributed by atoms with Gasteiger partial charge in [0.15, 0.2) is 0 Å². The maximum Gasteiger partial charge on any atom is 0.0717 e. The molecule has 1 atom stereocenters. The van der Waals surface area contributed by atoms with Crippen LogP contribution in [0.1, 0.15) is 12.5 Å². The van der Waals surface area contributed by atoms with Crippen LogP contribution in [0.2, 0.25) is 0 Å². The molecule has 0 saturated carbocycles. The fraction of sp³-hybridized carbons (Fsp3) is 0.294. The van der Waals surface area contributed by atoms with E-state index in [1.165, 1.54) is 10.5 Å². The zero-order valence-electron chi connectivity index (χ0n) is 11.3. The Balaban J connectivity index is 1.64. The summed E-state index contributed by atoms with van der Waals surface area (Å²) in [5.41, 5.74) is 1.24. The van der Waals surface area contributed by atoms with E-state index in [0.717, 1.165) is 12.4 Å². The van der Waals surface area contributed by atoms with Crippen LogP contribution in [0.5, 0.6) is 0 Å².